The lowest BCUT2D eigenvalue weighted by atomic mass is 10.0. The lowest BCUT2D eigenvalue weighted by molar-refractivity contribution is 0.00591. The summed E-state index contributed by atoms with van der Waals surface area (Å²) in [5.41, 5.74) is 3.96. The van der Waals surface area contributed by atoms with Gasteiger partial charge in [0.05, 0.1) is 20.0 Å². The standard InChI is InChI=1S/C28H33NO3.C4H8O/c1-19(2)15-16-29-24-12-7-6-11-23(24)25(26(29)27(30)32-28(3,4)5)21-9-8-10-22(17-21)31-18-20-13-14-20;1-3-4-5-2/h6-12,17,20H,1,13-16,18H2,2-5H3;3-4H,1-2H3/b;4-3+. The van der Waals surface area contributed by atoms with Crippen LogP contribution in [0.1, 0.15) is 64.4 Å². The van der Waals surface area contributed by atoms with Crippen LogP contribution in [0.15, 0.2) is 73.0 Å². The number of esters is 1. The minimum absolute atomic E-state index is 0.310. The molecule has 3 aromatic rings. The Morgan fingerprint density at radius 2 is 1.86 bits per heavy atom. The lowest BCUT2D eigenvalue weighted by Crippen LogP contribution is -2.26. The van der Waals surface area contributed by atoms with Gasteiger partial charge in [-0.15, -0.1) is 6.58 Å². The fourth-order valence-electron chi connectivity index (χ4n) is 4.05. The first-order valence-electron chi connectivity index (χ1n) is 13.0. The summed E-state index contributed by atoms with van der Waals surface area (Å²) in [7, 11) is 1.62. The van der Waals surface area contributed by atoms with Crippen molar-refractivity contribution in [2.45, 2.75) is 66.0 Å². The van der Waals surface area contributed by atoms with E-state index in [9.17, 15) is 4.79 Å². The third kappa shape index (κ3) is 8.01. The molecule has 0 unspecified atom stereocenters. The highest BCUT2D eigenvalue weighted by Gasteiger charge is 2.28. The third-order valence-corrected chi connectivity index (χ3v) is 5.90. The van der Waals surface area contributed by atoms with Crippen molar-refractivity contribution in [3.8, 4) is 16.9 Å². The van der Waals surface area contributed by atoms with Gasteiger partial charge in [0.25, 0.3) is 0 Å². The smallest absolute Gasteiger partial charge is 0.356 e. The normalized spacial score (nSPS) is 13.2. The number of benzene rings is 2. The first kappa shape index (κ1) is 28.1. The maximum absolute atomic E-state index is 13.5. The van der Waals surface area contributed by atoms with E-state index in [4.69, 9.17) is 9.47 Å². The number of fused-ring (bicyclic) bond motifs is 1. The highest BCUT2D eigenvalue weighted by Crippen LogP contribution is 2.38. The molecule has 0 saturated heterocycles. The van der Waals surface area contributed by atoms with Crippen molar-refractivity contribution >= 4 is 16.9 Å². The summed E-state index contributed by atoms with van der Waals surface area (Å²) in [6.07, 6.45) is 6.75. The van der Waals surface area contributed by atoms with Crippen LogP contribution in [-0.2, 0) is 16.0 Å². The number of hydrogen-bond donors (Lipinski definition) is 0. The van der Waals surface area contributed by atoms with Crippen LogP contribution in [0.5, 0.6) is 5.75 Å². The van der Waals surface area contributed by atoms with Crippen LogP contribution < -0.4 is 4.74 Å². The average molecular weight is 504 g/mol. The molecule has 0 aliphatic heterocycles. The predicted octanol–water partition coefficient (Wildman–Crippen LogP) is 8.19. The molecule has 1 aliphatic rings. The molecular weight excluding hydrogens is 462 g/mol. The van der Waals surface area contributed by atoms with Crippen LogP contribution in [0.2, 0.25) is 0 Å². The number of para-hydroxylation sites is 1. The number of rotatable bonds is 9. The summed E-state index contributed by atoms with van der Waals surface area (Å²) in [6, 6.07) is 16.2. The summed E-state index contributed by atoms with van der Waals surface area (Å²) >= 11 is 0. The van der Waals surface area contributed by atoms with E-state index >= 15 is 0 Å². The SMILES string of the molecule is C/C=C/OC.C=C(C)CCn1c(C(=O)OC(C)(C)C)c(-c2cccc(OCC3CC3)c2)c2ccccc21. The molecule has 5 nitrogen and oxygen atoms in total. The molecule has 1 aliphatic carbocycles. The van der Waals surface area contributed by atoms with E-state index in [1.165, 1.54) is 12.8 Å². The first-order chi connectivity index (χ1) is 17.6. The molecule has 0 amide bonds. The van der Waals surface area contributed by atoms with Crippen LogP contribution in [0.4, 0.5) is 0 Å². The number of aryl methyl sites for hydroxylation is 1. The Morgan fingerprint density at radius 1 is 1.14 bits per heavy atom. The molecule has 0 bridgehead atoms. The Morgan fingerprint density at radius 3 is 2.46 bits per heavy atom. The van der Waals surface area contributed by atoms with Gasteiger partial charge in [0.15, 0.2) is 0 Å². The van der Waals surface area contributed by atoms with Gasteiger partial charge in [0.2, 0.25) is 0 Å². The molecule has 1 aromatic heterocycles. The summed E-state index contributed by atoms with van der Waals surface area (Å²) in [5.74, 6) is 1.21. The van der Waals surface area contributed by atoms with E-state index in [-0.39, 0.29) is 5.97 Å². The Kier molecular flexibility index (Phi) is 9.62. The van der Waals surface area contributed by atoms with Crippen molar-refractivity contribution in [3.63, 3.8) is 0 Å². The number of carbonyl (C=O) groups excluding carboxylic acids is 1. The summed E-state index contributed by atoms with van der Waals surface area (Å²) < 4.78 is 18.5. The van der Waals surface area contributed by atoms with Crippen molar-refractivity contribution in [1.29, 1.82) is 0 Å². The molecule has 0 radical (unpaired) electrons. The molecule has 1 fully saturated rings. The van der Waals surface area contributed by atoms with Crippen LogP contribution in [-0.4, -0.2) is 29.9 Å². The highest BCUT2D eigenvalue weighted by atomic mass is 16.6. The third-order valence-electron chi connectivity index (χ3n) is 5.90. The van der Waals surface area contributed by atoms with Gasteiger partial charge in [-0.05, 0) is 83.6 Å². The van der Waals surface area contributed by atoms with Crippen molar-refractivity contribution in [2.24, 2.45) is 5.92 Å². The molecule has 198 valence electrons. The molecule has 1 heterocycles. The quantitative estimate of drug-likeness (QED) is 0.168. The van der Waals surface area contributed by atoms with Gasteiger partial charge >= 0.3 is 5.97 Å². The van der Waals surface area contributed by atoms with Gasteiger partial charge in [0.1, 0.15) is 17.0 Å². The van der Waals surface area contributed by atoms with Gasteiger partial charge in [-0.2, -0.15) is 0 Å². The summed E-state index contributed by atoms with van der Waals surface area (Å²) in [5, 5.41) is 1.04. The van der Waals surface area contributed by atoms with Crippen molar-refractivity contribution < 1.29 is 19.0 Å². The zero-order valence-electron chi connectivity index (χ0n) is 23.2. The van der Waals surface area contributed by atoms with Gasteiger partial charge in [-0.3, -0.25) is 0 Å². The fourth-order valence-corrected chi connectivity index (χ4v) is 4.05. The van der Waals surface area contributed by atoms with Crippen LogP contribution in [0, 0.1) is 5.92 Å². The van der Waals surface area contributed by atoms with Gasteiger partial charge in [-0.1, -0.05) is 42.0 Å². The zero-order chi connectivity index (χ0) is 27.0. The van der Waals surface area contributed by atoms with Crippen LogP contribution in [0.3, 0.4) is 0 Å². The summed E-state index contributed by atoms with van der Waals surface area (Å²) in [6.45, 7) is 15.1. The Bertz CT molecular complexity index is 1240. The topological polar surface area (TPSA) is 49.7 Å². The zero-order valence-corrected chi connectivity index (χ0v) is 23.2. The highest BCUT2D eigenvalue weighted by molar-refractivity contribution is 6.08. The second kappa shape index (κ2) is 12.7. The first-order valence-corrected chi connectivity index (χ1v) is 13.0. The van der Waals surface area contributed by atoms with Gasteiger partial charge in [0, 0.05) is 23.0 Å². The molecule has 2 aromatic carbocycles. The monoisotopic (exact) mass is 503 g/mol. The number of aromatic nitrogens is 1. The molecule has 0 atom stereocenters. The molecule has 4 rings (SSSR count). The number of nitrogens with zero attached hydrogens (tertiary/aromatic N) is 1. The summed E-state index contributed by atoms with van der Waals surface area (Å²) in [4.78, 5) is 13.5. The number of methoxy groups -OCH3 is 1. The van der Waals surface area contributed by atoms with E-state index in [0.717, 1.165) is 46.4 Å². The second-order valence-corrected chi connectivity index (χ2v) is 10.6. The van der Waals surface area contributed by atoms with Crippen molar-refractivity contribution in [1.82, 2.24) is 4.57 Å². The minimum atomic E-state index is -0.584. The van der Waals surface area contributed by atoms with Crippen molar-refractivity contribution in [2.75, 3.05) is 13.7 Å². The molecular formula is C32H41NO4. The second-order valence-electron chi connectivity index (χ2n) is 10.6. The van der Waals surface area contributed by atoms with Gasteiger partial charge in [-0.25, -0.2) is 4.79 Å². The average Bonchev–Trinajstić information content (AvgIpc) is 3.61. The number of carbonyl (C=O) groups is 1. The predicted molar refractivity (Wildman–Crippen MR) is 152 cm³/mol. The minimum Gasteiger partial charge on any atom is -0.505 e. The van der Waals surface area contributed by atoms with E-state index in [1.54, 1.807) is 13.4 Å². The van der Waals surface area contributed by atoms with E-state index in [0.29, 0.717) is 18.2 Å². The maximum Gasteiger partial charge on any atom is 0.356 e. The Labute approximate surface area is 221 Å². The van der Waals surface area contributed by atoms with E-state index in [1.807, 2.05) is 77.1 Å². The largest absolute Gasteiger partial charge is 0.505 e. The maximum atomic E-state index is 13.5. The van der Waals surface area contributed by atoms with Crippen LogP contribution in [0.25, 0.3) is 22.0 Å². The molecule has 0 spiro atoms. The lowest BCUT2D eigenvalue weighted by Gasteiger charge is -2.21. The number of ether oxygens (including phenoxy) is 3. The van der Waals surface area contributed by atoms with Crippen LogP contribution >= 0.6 is 0 Å². The van der Waals surface area contributed by atoms with Crippen molar-refractivity contribution in [3.05, 3.63) is 78.7 Å². The van der Waals surface area contributed by atoms with Gasteiger partial charge < -0.3 is 18.8 Å². The number of allylic oxidation sites excluding steroid dienone is 2. The van der Waals surface area contributed by atoms with E-state index in [2.05, 4.69) is 28.0 Å². The molecule has 5 heteroatoms. The molecule has 0 N–H and O–H groups in total. The Hall–Kier alpha value is -3.47. The van der Waals surface area contributed by atoms with E-state index < -0.39 is 5.60 Å². The molecule has 37 heavy (non-hydrogen) atoms. The fraction of sp³-hybridized carbons (Fsp3) is 0.406. The molecule has 1 saturated carbocycles. The Balaban J connectivity index is 0.000000695. The number of hydrogen-bond acceptors (Lipinski definition) is 4.